The normalized spacial score (nSPS) is 15.8. The number of benzene rings is 1. The number of carbonyl (C=O) groups excluding carboxylic acids is 1. The fourth-order valence-electron chi connectivity index (χ4n) is 2.27. The van der Waals surface area contributed by atoms with Crippen LogP contribution >= 0.6 is 15.9 Å². The molecule has 1 aliphatic heterocycles. The summed E-state index contributed by atoms with van der Waals surface area (Å²) in [4.78, 5) is 24.4. The molecule has 5 nitrogen and oxygen atoms in total. The number of piperidine rings is 1. The third kappa shape index (κ3) is 4.17. The molecule has 0 radical (unpaired) electrons. The lowest BCUT2D eigenvalue weighted by Crippen LogP contribution is -2.45. The highest BCUT2D eigenvalue weighted by Crippen LogP contribution is 2.18. The molecule has 0 bridgehead atoms. The number of urea groups is 1. The minimum absolute atomic E-state index is 0.238. The van der Waals surface area contributed by atoms with Crippen LogP contribution in [-0.4, -0.2) is 35.1 Å². The lowest BCUT2D eigenvalue weighted by atomic mass is 9.97. The summed E-state index contributed by atoms with van der Waals surface area (Å²) in [6.07, 6.45) is 0.936. The van der Waals surface area contributed by atoms with Crippen molar-refractivity contribution in [3.05, 3.63) is 34.1 Å². The van der Waals surface area contributed by atoms with Crippen LogP contribution in [0.4, 0.5) is 9.18 Å². The fourth-order valence-corrected chi connectivity index (χ4v) is 2.52. The highest BCUT2D eigenvalue weighted by Gasteiger charge is 2.26. The van der Waals surface area contributed by atoms with E-state index >= 15 is 0 Å². The molecule has 0 aliphatic carbocycles. The zero-order valence-electron chi connectivity index (χ0n) is 11.3. The van der Waals surface area contributed by atoms with Gasteiger partial charge in [-0.15, -0.1) is 0 Å². The predicted octanol–water partition coefficient (Wildman–Crippen LogP) is 2.59. The van der Waals surface area contributed by atoms with E-state index in [2.05, 4.69) is 21.2 Å². The van der Waals surface area contributed by atoms with Crippen molar-refractivity contribution in [2.75, 3.05) is 13.1 Å². The molecule has 1 aromatic carbocycles. The van der Waals surface area contributed by atoms with Gasteiger partial charge in [0.15, 0.2) is 0 Å². The van der Waals surface area contributed by atoms with E-state index < -0.39 is 5.97 Å². The number of carbonyl (C=O) groups is 2. The average Bonchev–Trinajstić information content (AvgIpc) is 2.48. The summed E-state index contributed by atoms with van der Waals surface area (Å²) < 4.78 is 13.7. The average molecular weight is 359 g/mol. The van der Waals surface area contributed by atoms with E-state index in [4.69, 9.17) is 5.11 Å². The number of carboxylic acids is 1. The smallest absolute Gasteiger partial charge is 0.317 e. The van der Waals surface area contributed by atoms with Gasteiger partial charge in [0, 0.05) is 19.6 Å². The Hall–Kier alpha value is -1.63. The van der Waals surface area contributed by atoms with Gasteiger partial charge in [0.1, 0.15) is 5.82 Å². The van der Waals surface area contributed by atoms with E-state index in [-0.39, 0.29) is 24.3 Å². The Morgan fingerprint density at radius 3 is 2.62 bits per heavy atom. The first-order chi connectivity index (χ1) is 9.97. The van der Waals surface area contributed by atoms with E-state index in [9.17, 15) is 14.0 Å². The number of aliphatic carboxylic acids is 1. The zero-order valence-corrected chi connectivity index (χ0v) is 12.9. The van der Waals surface area contributed by atoms with Crippen molar-refractivity contribution in [2.24, 2.45) is 5.92 Å². The number of hydrogen-bond acceptors (Lipinski definition) is 2. The van der Waals surface area contributed by atoms with Gasteiger partial charge in [0.25, 0.3) is 0 Å². The highest BCUT2D eigenvalue weighted by molar-refractivity contribution is 9.10. The van der Waals surface area contributed by atoms with Crippen LogP contribution in [0.15, 0.2) is 22.7 Å². The Kier molecular flexibility index (Phi) is 5.17. The van der Waals surface area contributed by atoms with Crippen LogP contribution in [-0.2, 0) is 11.3 Å². The third-order valence-corrected chi connectivity index (χ3v) is 4.20. The topological polar surface area (TPSA) is 69.6 Å². The molecule has 1 aliphatic rings. The second-order valence-corrected chi connectivity index (χ2v) is 5.86. The molecule has 1 aromatic rings. The first-order valence-corrected chi connectivity index (χ1v) is 7.46. The Bertz CT molecular complexity index is 545. The van der Waals surface area contributed by atoms with Crippen LogP contribution in [0.3, 0.4) is 0 Å². The number of amides is 2. The molecule has 21 heavy (non-hydrogen) atoms. The maximum atomic E-state index is 13.4. The zero-order chi connectivity index (χ0) is 15.4. The van der Waals surface area contributed by atoms with E-state index in [0.717, 1.165) is 0 Å². The Balaban J connectivity index is 1.82. The number of halogens is 2. The first-order valence-electron chi connectivity index (χ1n) is 6.67. The Morgan fingerprint density at radius 2 is 2.05 bits per heavy atom. The molecule has 0 aromatic heterocycles. The molecule has 1 saturated heterocycles. The molecule has 0 spiro atoms. The van der Waals surface area contributed by atoms with Crippen molar-refractivity contribution < 1.29 is 19.1 Å². The van der Waals surface area contributed by atoms with E-state index in [0.29, 0.717) is 36.0 Å². The van der Waals surface area contributed by atoms with Gasteiger partial charge in [-0.1, -0.05) is 6.07 Å². The van der Waals surface area contributed by atoms with Gasteiger partial charge >= 0.3 is 12.0 Å². The van der Waals surface area contributed by atoms with Gasteiger partial charge in [-0.3, -0.25) is 4.79 Å². The van der Waals surface area contributed by atoms with Crippen LogP contribution in [0, 0.1) is 11.7 Å². The van der Waals surface area contributed by atoms with Crippen molar-refractivity contribution in [1.29, 1.82) is 0 Å². The van der Waals surface area contributed by atoms with Crippen LogP contribution < -0.4 is 5.32 Å². The minimum Gasteiger partial charge on any atom is -0.481 e. The molecular formula is C14H16BrFN2O3. The number of hydrogen-bond donors (Lipinski definition) is 2. The SMILES string of the molecule is O=C(O)C1CCN(C(=O)NCc2ccc(Br)c(F)c2)CC1. The summed E-state index contributed by atoms with van der Waals surface area (Å²) >= 11 is 3.07. The van der Waals surface area contributed by atoms with Gasteiger partial charge in [0.05, 0.1) is 10.4 Å². The molecule has 7 heteroatoms. The van der Waals surface area contributed by atoms with Gasteiger partial charge < -0.3 is 15.3 Å². The van der Waals surface area contributed by atoms with Crippen molar-refractivity contribution in [1.82, 2.24) is 10.2 Å². The second kappa shape index (κ2) is 6.89. The number of nitrogens with zero attached hydrogens (tertiary/aromatic N) is 1. The first kappa shape index (κ1) is 15.8. The van der Waals surface area contributed by atoms with Gasteiger partial charge in [-0.2, -0.15) is 0 Å². The summed E-state index contributed by atoms with van der Waals surface area (Å²) in [5.74, 6) is -1.54. The Labute approximate surface area is 130 Å². The minimum atomic E-state index is -0.805. The summed E-state index contributed by atoms with van der Waals surface area (Å²) in [6, 6.07) is 4.43. The third-order valence-electron chi connectivity index (χ3n) is 3.56. The fraction of sp³-hybridized carbons (Fsp3) is 0.429. The molecule has 2 rings (SSSR count). The van der Waals surface area contributed by atoms with Crippen molar-refractivity contribution in [2.45, 2.75) is 19.4 Å². The van der Waals surface area contributed by atoms with Crippen molar-refractivity contribution >= 4 is 27.9 Å². The summed E-state index contributed by atoms with van der Waals surface area (Å²) in [7, 11) is 0. The van der Waals surface area contributed by atoms with Crippen LogP contribution in [0.5, 0.6) is 0 Å². The van der Waals surface area contributed by atoms with Crippen LogP contribution in [0.2, 0.25) is 0 Å². The van der Waals surface area contributed by atoms with Crippen LogP contribution in [0.25, 0.3) is 0 Å². The monoisotopic (exact) mass is 358 g/mol. The largest absolute Gasteiger partial charge is 0.481 e. The number of rotatable bonds is 3. The lowest BCUT2D eigenvalue weighted by molar-refractivity contribution is -0.143. The van der Waals surface area contributed by atoms with E-state index in [1.165, 1.54) is 6.07 Å². The standard InChI is InChI=1S/C14H16BrFN2O3/c15-11-2-1-9(7-12(11)16)8-17-14(21)18-5-3-10(4-6-18)13(19)20/h1-2,7,10H,3-6,8H2,(H,17,21)(H,19,20). The van der Waals surface area contributed by atoms with Crippen LogP contribution in [0.1, 0.15) is 18.4 Å². The van der Waals surface area contributed by atoms with Gasteiger partial charge in [0.2, 0.25) is 0 Å². The number of nitrogens with one attached hydrogen (secondary N) is 1. The summed E-state index contributed by atoms with van der Waals surface area (Å²) in [6.45, 7) is 1.09. The molecule has 1 fully saturated rings. The van der Waals surface area contributed by atoms with Crippen molar-refractivity contribution in [3.63, 3.8) is 0 Å². The number of carboxylic acid groups (broad SMARTS) is 1. The lowest BCUT2D eigenvalue weighted by Gasteiger charge is -2.30. The molecule has 2 N–H and O–H groups in total. The maximum Gasteiger partial charge on any atom is 0.317 e. The van der Waals surface area contributed by atoms with Gasteiger partial charge in [-0.05, 0) is 46.5 Å². The molecule has 2 amide bonds. The predicted molar refractivity (Wildman–Crippen MR) is 78.3 cm³/mol. The molecule has 0 unspecified atom stereocenters. The molecule has 114 valence electrons. The summed E-state index contributed by atoms with van der Waals surface area (Å²) in [5, 5.41) is 11.6. The highest BCUT2D eigenvalue weighted by atomic mass is 79.9. The molecule has 1 heterocycles. The van der Waals surface area contributed by atoms with Gasteiger partial charge in [-0.25, -0.2) is 9.18 Å². The van der Waals surface area contributed by atoms with E-state index in [1.807, 2.05) is 0 Å². The maximum absolute atomic E-state index is 13.4. The summed E-state index contributed by atoms with van der Waals surface area (Å²) in [5.41, 5.74) is 0.671. The number of likely N-dealkylation sites (tertiary alicyclic amines) is 1. The second-order valence-electron chi connectivity index (χ2n) is 5.01. The Morgan fingerprint density at radius 1 is 1.38 bits per heavy atom. The molecule has 0 atom stereocenters. The van der Waals surface area contributed by atoms with E-state index in [1.54, 1.807) is 17.0 Å². The quantitative estimate of drug-likeness (QED) is 0.872. The molecular weight excluding hydrogens is 343 g/mol. The van der Waals surface area contributed by atoms with Crippen molar-refractivity contribution in [3.8, 4) is 0 Å². The molecule has 0 saturated carbocycles.